The van der Waals surface area contributed by atoms with Gasteiger partial charge in [0.25, 0.3) is 5.91 Å². The Morgan fingerprint density at radius 2 is 2.00 bits per heavy atom. The summed E-state index contributed by atoms with van der Waals surface area (Å²) < 4.78 is 8.63. The van der Waals surface area contributed by atoms with Crippen molar-refractivity contribution in [1.82, 2.24) is 5.73 Å². The van der Waals surface area contributed by atoms with Gasteiger partial charge in [0.2, 0.25) is 0 Å². The fourth-order valence-corrected chi connectivity index (χ4v) is 0.286. The summed E-state index contributed by atoms with van der Waals surface area (Å²) >= 11 is 0. The Labute approximate surface area is 58.1 Å². The molecule has 1 N–H and O–H groups in total. The van der Waals surface area contributed by atoms with E-state index in [1.807, 2.05) is 0 Å². The first-order chi connectivity index (χ1) is 4.66. The van der Waals surface area contributed by atoms with E-state index in [0.29, 0.717) is 0 Å². The minimum atomic E-state index is -0.857. The molecule has 1 radical (unpaired) electrons. The van der Waals surface area contributed by atoms with Crippen LogP contribution in [0.15, 0.2) is 0 Å². The molecule has 0 aliphatic carbocycles. The second-order valence-electron chi connectivity index (χ2n) is 1.49. The van der Waals surface area contributed by atoms with Crippen molar-refractivity contribution < 1.29 is 19.1 Å². The minimum absolute atomic E-state index is 0.277. The van der Waals surface area contributed by atoms with Gasteiger partial charge in [-0.25, -0.2) is 4.79 Å². The van der Waals surface area contributed by atoms with Crippen LogP contribution in [0.25, 0.3) is 0 Å². The molecule has 10 heavy (non-hydrogen) atoms. The minimum Gasteiger partial charge on any atom is -0.467 e. The van der Waals surface area contributed by atoms with E-state index in [1.54, 1.807) is 0 Å². The Bertz CT molecular complexity index is 134. The molecule has 0 aromatic rings. The average Bonchev–Trinajstić information content (AvgIpc) is 1.87. The maximum absolute atomic E-state index is 10.3. The predicted molar refractivity (Wildman–Crippen MR) is 30.9 cm³/mol. The van der Waals surface area contributed by atoms with Crippen LogP contribution in [0.3, 0.4) is 0 Å². The number of carbonyl (C=O) groups is 2. The van der Waals surface area contributed by atoms with E-state index in [4.69, 9.17) is 5.73 Å². The van der Waals surface area contributed by atoms with Crippen molar-refractivity contribution in [2.24, 2.45) is 0 Å². The van der Waals surface area contributed by atoms with Gasteiger partial charge in [-0.15, -0.1) is 0 Å². The lowest BCUT2D eigenvalue weighted by Gasteiger charge is -1.97. The van der Waals surface area contributed by atoms with Gasteiger partial charge < -0.3 is 9.47 Å². The first kappa shape index (κ1) is 8.90. The molecule has 0 unspecified atom stereocenters. The van der Waals surface area contributed by atoms with Crippen LogP contribution >= 0.6 is 0 Å². The van der Waals surface area contributed by atoms with Gasteiger partial charge >= 0.3 is 5.97 Å². The Kier molecular flexibility index (Phi) is 4.23. The number of carbonyl (C=O) groups excluding carboxylic acids is 2. The lowest BCUT2D eigenvalue weighted by atomic mass is 10.6. The van der Waals surface area contributed by atoms with Crippen molar-refractivity contribution >= 4 is 11.9 Å². The number of hydrogen-bond donors (Lipinski definition) is 0. The van der Waals surface area contributed by atoms with Crippen molar-refractivity contribution in [3.8, 4) is 0 Å². The largest absolute Gasteiger partial charge is 0.467 e. The first-order valence-corrected chi connectivity index (χ1v) is 2.56. The van der Waals surface area contributed by atoms with Gasteiger partial charge in [0.15, 0.2) is 0 Å². The van der Waals surface area contributed by atoms with Gasteiger partial charge in [-0.2, -0.15) is 0 Å². The maximum atomic E-state index is 10.3. The molecule has 0 aliphatic heterocycles. The van der Waals surface area contributed by atoms with Crippen LogP contribution in [0.5, 0.6) is 0 Å². The normalized spacial score (nSPS) is 8.90. The van der Waals surface area contributed by atoms with E-state index in [0.717, 1.165) is 0 Å². The van der Waals surface area contributed by atoms with Crippen molar-refractivity contribution in [3.05, 3.63) is 0 Å². The summed E-state index contributed by atoms with van der Waals surface area (Å²) in [6.07, 6.45) is 0. The highest BCUT2D eigenvalue weighted by molar-refractivity contribution is 5.75. The molecule has 0 spiro atoms. The second kappa shape index (κ2) is 4.75. The summed E-state index contributed by atoms with van der Waals surface area (Å²) in [5.41, 5.74) is 6.36. The van der Waals surface area contributed by atoms with Crippen molar-refractivity contribution in [3.63, 3.8) is 0 Å². The third kappa shape index (κ3) is 5.04. The molecule has 5 heteroatoms. The van der Waals surface area contributed by atoms with Crippen LogP contribution in [0.1, 0.15) is 0 Å². The highest BCUT2D eigenvalue weighted by Crippen LogP contribution is 1.77. The number of methoxy groups -OCH3 is 1. The highest BCUT2D eigenvalue weighted by Gasteiger charge is 2.00. The number of rotatable bonds is 4. The van der Waals surface area contributed by atoms with Gasteiger partial charge in [-0.3, -0.25) is 10.5 Å². The SMILES string of the molecule is COC(=O)COCC([NH])=O. The zero-order valence-corrected chi connectivity index (χ0v) is 5.55. The molecule has 0 atom stereocenters. The smallest absolute Gasteiger partial charge is 0.331 e. The molecule has 0 heterocycles. The fourth-order valence-electron chi connectivity index (χ4n) is 0.286. The molecule has 0 fully saturated rings. The number of hydrogen-bond acceptors (Lipinski definition) is 4. The molecule has 1 amide bonds. The third-order valence-corrected chi connectivity index (χ3v) is 0.681. The third-order valence-electron chi connectivity index (χ3n) is 0.681. The van der Waals surface area contributed by atoms with Gasteiger partial charge in [0.1, 0.15) is 13.2 Å². The summed E-state index contributed by atoms with van der Waals surface area (Å²) in [5.74, 6) is -1.41. The Balaban J connectivity index is 3.20. The quantitative estimate of drug-likeness (QED) is 0.476. The predicted octanol–water partition coefficient (Wildman–Crippen LogP) is -1.01. The summed E-state index contributed by atoms with van der Waals surface area (Å²) in [4.78, 5) is 20.2. The van der Waals surface area contributed by atoms with Gasteiger partial charge in [0.05, 0.1) is 7.11 Å². The Morgan fingerprint density at radius 1 is 1.40 bits per heavy atom. The standard InChI is InChI=1S/C5H8NO4/c1-9-5(8)3-10-2-4(6)7/h6H,2-3H2,1H3. The molecular weight excluding hydrogens is 138 g/mol. The fraction of sp³-hybridized carbons (Fsp3) is 0.600. The van der Waals surface area contributed by atoms with E-state index in [-0.39, 0.29) is 13.2 Å². The lowest BCUT2D eigenvalue weighted by molar-refractivity contribution is -0.146. The summed E-state index contributed by atoms with van der Waals surface area (Å²) in [6, 6.07) is 0. The number of amides is 1. The monoisotopic (exact) mass is 146 g/mol. The van der Waals surface area contributed by atoms with Crippen LogP contribution in [-0.2, 0) is 19.1 Å². The molecule has 0 bridgehead atoms. The Hall–Kier alpha value is -1.10. The zero-order valence-electron chi connectivity index (χ0n) is 5.55. The van der Waals surface area contributed by atoms with Crippen LogP contribution in [-0.4, -0.2) is 32.2 Å². The van der Waals surface area contributed by atoms with E-state index in [1.165, 1.54) is 7.11 Å². The average molecular weight is 146 g/mol. The number of nitrogens with one attached hydrogen (secondary N) is 1. The number of ether oxygens (including phenoxy) is 2. The molecule has 0 rings (SSSR count). The van der Waals surface area contributed by atoms with Crippen molar-refractivity contribution in [2.75, 3.05) is 20.3 Å². The molecule has 57 valence electrons. The maximum Gasteiger partial charge on any atom is 0.331 e. The summed E-state index contributed by atoms with van der Waals surface area (Å²) in [5, 5.41) is 0. The van der Waals surface area contributed by atoms with Crippen molar-refractivity contribution in [2.45, 2.75) is 0 Å². The van der Waals surface area contributed by atoms with Crippen LogP contribution in [0, 0.1) is 0 Å². The van der Waals surface area contributed by atoms with E-state index in [9.17, 15) is 9.59 Å². The van der Waals surface area contributed by atoms with Gasteiger partial charge in [-0.1, -0.05) is 0 Å². The molecule has 0 saturated carbocycles. The zero-order chi connectivity index (χ0) is 7.98. The molecule has 0 aromatic carbocycles. The van der Waals surface area contributed by atoms with E-state index in [2.05, 4.69) is 9.47 Å². The van der Waals surface area contributed by atoms with Gasteiger partial charge in [-0.05, 0) is 0 Å². The molecule has 0 saturated heterocycles. The molecule has 5 nitrogen and oxygen atoms in total. The summed E-state index contributed by atoms with van der Waals surface area (Å²) in [7, 11) is 1.22. The molecule has 0 aliphatic rings. The van der Waals surface area contributed by atoms with Crippen molar-refractivity contribution in [1.29, 1.82) is 0 Å². The van der Waals surface area contributed by atoms with Gasteiger partial charge in [0, 0.05) is 0 Å². The first-order valence-electron chi connectivity index (χ1n) is 2.56. The molecular formula is C5H8NO4. The number of esters is 1. The van der Waals surface area contributed by atoms with E-state index < -0.39 is 11.9 Å². The van der Waals surface area contributed by atoms with Crippen LogP contribution in [0.4, 0.5) is 0 Å². The van der Waals surface area contributed by atoms with Crippen LogP contribution in [0.2, 0.25) is 0 Å². The summed E-state index contributed by atoms with van der Waals surface area (Å²) in [6.45, 7) is -0.643. The second-order valence-corrected chi connectivity index (χ2v) is 1.49. The Morgan fingerprint density at radius 3 is 2.40 bits per heavy atom. The van der Waals surface area contributed by atoms with E-state index >= 15 is 0 Å². The molecule has 0 aromatic heterocycles. The van der Waals surface area contributed by atoms with Crippen LogP contribution < -0.4 is 5.73 Å². The topological polar surface area (TPSA) is 76.4 Å². The lowest BCUT2D eigenvalue weighted by Crippen LogP contribution is -2.15. The highest BCUT2D eigenvalue weighted by atomic mass is 16.6.